The maximum Gasteiger partial charge on any atom is 0.334 e. The van der Waals surface area contributed by atoms with Gasteiger partial charge in [-0.05, 0) is 13.8 Å². The highest BCUT2D eigenvalue weighted by Crippen LogP contribution is 2.55. The molecule has 2 aliphatic carbocycles. The number of fused-ring (bicyclic) bond motifs is 3. The molecule has 1 saturated heterocycles. The molecule has 9 heteroatoms. The van der Waals surface area contributed by atoms with Gasteiger partial charge in [-0.2, -0.15) is 0 Å². The van der Waals surface area contributed by atoms with Gasteiger partial charge >= 0.3 is 17.9 Å². The zero-order chi connectivity index (χ0) is 21.0. The lowest BCUT2D eigenvalue weighted by molar-refractivity contribution is -0.324. The minimum Gasteiger partial charge on any atom is -0.458 e. The van der Waals surface area contributed by atoms with Crippen molar-refractivity contribution in [2.45, 2.75) is 57.2 Å². The van der Waals surface area contributed by atoms with Crippen LogP contribution in [0.4, 0.5) is 0 Å². The van der Waals surface area contributed by atoms with Crippen LogP contribution in [0.15, 0.2) is 24.3 Å². The van der Waals surface area contributed by atoms with Gasteiger partial charge in [-0.1, -0.05) is 18.7 Å². The van der Waals surface area contributed by atoms with Crippen LogP contribution in [0.25, 0.3) is 0 Å². The van der Waals surface area contributed by atoms with Crippen LogP contribution in [0, 0.1) is 17.8 Å². The SMILES string of the molecule is C=C1C(=O)O[C@H]2[C@H]1[C@@H](OC(C)=O)[C@@H](OC(C)=O)[C@@](C)(O)[C@@H]1C=C[C@@](C)(OO)[C@H]21. The van der Waals surface area contributed by atoms with Crippen LogP contribution in [0.5, 0.6) is 0 Å². The van der Waals surface area contributed by atoms with Crippen LogP contribution in [-0.4, -0.2) is 57.8 Å². The quantitative estimate of drug-likeness (QED) is 0.177. The van der Waals surface area contributed by atoms with Crippen molar-refractivity contribution in [3.8, 4) is 0 Å². The van der Waals surface area contributed by atoms with Gasteiger partial charge in [0.25, 0.3) is 0 Å². The smallest absolute Gasteiger partial charge is 0.334 e. The summed E-state index contributed by atoms with van der Waals surface area (Å²) >= 11 is 0. The fourth-order valence-electron chi connectivity index (χ4n) is 4.75. The van der Waals surface area contributed by atoms with Crippen molar-refractivity contribution in [2.75, 3.05) is 0 Å². The molecule has 9 nitrogen and oxygen atoms in total. The van der Waals surface area contributed by atoms with Crippen molar-refractivity contribution in [3.63, 3.8) is 0 Å². The van der Waals surface area contributed by atoms with Gasteiger partial charge in [-0.3, -0.25) is 14.8 Å². The number of hydrogen-bond donors (Lipinski definition) is 2. The fourth-order valence-corrected chi connectivity index (χ4v) is 4.75. The molecule has 3 aliphatic rings. The first-order valence-electron chi connectivity index (χ1n) is 8.92. The van der Waals surface area contributed by atoms with Crippen LogP contribution in [-0.2, 0) is 33.5 Å². The van der Waals surface area contributed by atoms with E-state index in [9.17, 15) is 24.7 Å². The van der Waals surface area contributed by atoms with Crippen LogP contribution in [0.2, 0.25) is 0 Å². The molecular formula is C19H24O9. The van der Waals surface area contributed by atoms with Gasteiger partial charge in [0, 0.05) is 31.3 Å². The van der Waals surface area contributed by atoms with E-state index in [1.807, 2.05) is 0 Å². The Hall–Kier alpha value is -2.23. The number of carbonyl (C=O) groups is 3. The van der Waals surface area contributed by atoms with Crippen molar-refractivity contribution in [1.29, 1.82) is 0 Å². The molecule has 0 aromatic carbocycles. The van der Waals surface area contributed by atoms with E-state index in [4.69, 9.17) is 19.1 Å². The fraction of sp³-hybridized carbons (Fsp3) is 0.632. The van der Waals surface area contributed by atoms with Gasteiger partial charge in [-0.25, -0.2) is 9.68 Å². The second-order valence-corrected chi connectivity index (χ2v) is 7.94. The molecule has 0 aromatic heterocycles. The monoisotopic (exact) mass is 396 g/mol. The number of carbonyl (C=O) groups excluding carboxylic acids is 3. The van der Waals surface area contributed by atoms with E-state index in [1.54, 1.807) is 19.1 Å². The molecule has 2 N–H and O–H groups in total. The Balaban J connectivity index is 2.21. The molecule has 0 spiro atoms. The molecule has 3 rings (SSSR count). The highest BCUT2D eigenvalue weighted by atomic mass is 17.1. The van der Waals surface area contributed by atoms with Crippen LogP contribution in [0.1, 0.15) is 27.7 Å². The normalized spacial score (nSPS) is 44.4. The summed E-state index contributed by atoms with van der Waals surface area (Å²) in [4.78, 5) is 40.6. The largest absolute Gasteiger partial charge is 0.458 e. The number of esters is 3. The van der Waals surface area contributed by atoms with Crippen molar-refractivity contribution >= 4 is 17.9 Å². The van der Waals surface area contributed by atoms with E-state index in [0.29, 0.717) is 0 Å². The zero-order valence-electron chi connectivity index (χ0n) is 16.1. The molecule has 1 saturated carbocycles. The third kappa shape index (κ3) is 2.94. The second kappa shape index (κ2) is 6.68. The van der Waals surface area contributed by atoms with Crippen molar-refractivity contribution in [1.82, 2.24) is 0 Å². The van der Waals surface area contributed by atoms with Gasteiger partial charge in [0.15, 0.2) is 12.2 Å². The minimum absolute atomic E-state index is 0.0250. The maximum absolute atomic E-state index is 12.3. The molecule has 0 radical (unpaired) electrons. The van der Waals surface area contributed by atoms with Gasteiger partial charge in [0.1, 0.15) is 17.3 Å². The molecule has 2 fully saturated rings. The molecule has 1 heterocycles. The van der Waals surface area contributed by atoms with Crippen LogP contribution >= 0.6 is 0 Å². The number of rotatable bonds is 3. The summed E-state index contributed by atoms with van der Waals surface area (Å²) in [7, 11) is 0. The van der Waals surface area contributed by atoms with Crippen molar-refractivity contribution < 1.29 is 43.8 Å². The Kier molecular flexibility index (Phi) is 4.89. The van der Waals surface area contributed by atoms with Crippen molar-refractivity contribution in [2.24, 2.45) is 17.8 Å². The first kappa shape index (κ1) is 20.5. The molecule has 0 bridgehead atoms. The van der Waals surface area contributed by atoms with Gasteiger partial charge < -0.3 is 19.3 Å². The molecule has 154 valence electrons. The standard InChI is InChI=1S/C19H24O9/c1-8-12-14(27-17(8)22)13-11(6-7-18(13,4)28-24)19(5,23)16(26-10(3)21)15(12)25-9(2)20/h6-7,11-16,23-24H,1H2,2-5H3/t11-,12+,13+,14+,15-,16-,18-,19+/m1/s1. The summed E-state index contributed by atoms with van der Waals surface area (Å²) in [6, 6.07) is 0. The summed E-state index contributed by atoms with van der Waals surface area (Å²) in [5, 5.41) is 21.0. The molecule has 0 amide bonds. The van der Waals surface area contributed by atoms with Gasteiger partial charge in [0.2, 0.25) is 0 Å². The predicted octanol–water partition coefficient (Wildman–Crippen LogP) is 0.763. The molecular weight excluding hydrogens is 372 g/mol. The molecule has 8 atom stereocenters. The van der Waals surface area contributed by atoms with E-state index in [2.05, 4.69) is 6.58 Å². The first-order valence-corrected chi connectivity index (χ1v) is 8.92. The number of hydrogen-bond acceptors (Lipinski definition) is 9. The second-order valence-electron chi connectivity index (χ2n) is 7.94. The number of aliphatic hydroxyl groups is 1. The average Bonchev–Trinajstić information content (AvgIpc) is 3.06. The van der Waals surface area contributed by atoms with Gasteiger partial charge in [-0.15, -0.1) is 0 Å². The molecule has 0 aromatic rings. The van der Waals surface area contributed by atoms with Crippen molar-refractivity contribution in [3.05, 3.63) is 24.3 Å². The summed E-state index contributed by atoms with van der Waals surface area (Å²) in [6.45, 7) is 9.10. The van der Waals surface area contributed by atoms with Gasteiger partial charge in [0.05, 0.1) is 5.92 Å². The zero-order valence-corrected chi connectivity index (χ0v) is 16.1. The third-order valence-corrected chi connectivity index (χ3v) is 5.99. The molecule has 0 unspecified atom stereocenters. The Labute approximate surface area is 161 Å². The molecule has 28 heavy (non-hydrogen) atoms. The van der Waals surface area contributed by atoms with E-state index < -0.39 is 65.2 Å². The summed E-state index contributed by atoms with van der Waals surface area (Å²) in [5.41, 5.74) is -3.01. The minimum atomic E-state index is -1.74. The topological polar surface area (TPSA) is 129 Å². The average molecular weight is 396 g/mol. The lowest BCUT2D eigenvalue weighted by Gasteiger charge is -2.41. The van der Waals surface area contributed by atoms with Crippen LogP contribution in [0.3, 0.4) is 0 Å². The number of ether oxygens (including phenoxy) is 3. The van der Waals surface area contributed by atoms with E-state index >= 15 is 0 Å². The summed E-state index contributed by atoms with van der Waals surface area (Å²) < 4.78 is 16.3. The summed E-state index contributed by atoms with van der Waals surface area (Å²) in [6.07, 6.45) is -0.302. The summed E-state index contributed by atoms with van der Waals surface area (Å²) in [5.74, 6) is -4.48. The lowest BCUT2D eigenvalue weighted by Crippen LogP contribution is -2.55. The first-order chi connectivity index (χ1) is 12.9. The Morgan fingerprint density at radius 1 is 1.21 bits per heavy atom. The van der Waals surface area contributed by atoms with E-state index in [1.165, 1.54) is 13.8 Å². The maximum atomic E-state index is 12.3. The Morgan fingerprint density at radius 2 is 1.82 bits per heavy atom. The molecule has 1 aliphatic heterocycles. The highest BCUT2D eigenvalue weighted by Gasteiger charge is 2.67. The Morgan fingerprint density at radius 3 is 2.36 bits per heavy atom. The van der Waals surface area contributed by atoms with E-state index in [0.717, 1.165) is 6.92 Å². The predicted molar refractivity (Wildman–Crippen MR) is 92.5 cm³/mol. The Bertz CT molecular complexity index is 755. The lowest BCUT2D eigenvalue weighted by atomic mass is 9.73. The van der Waals surface area contributed by atoms with E-state index in [-0.39, 0.29) is 5.57 Å². The third-order valence-electron chi connectivity index (χ3n) is 5.99. The van der Waals surface area contributed by atoms with Crippen LogP contribution < -0.4 is 0 Å². The highest BCUT2D eigenvalue weighted by molar-refractivity contribution is 5.91.